The van der Waals surface area contributed by atoms with Gasteiger partial charge in [0.1, 0.15) is 11.0 Å². The van der Waals surface area contributed by atoms with Crippen molar-refractivity contribution in [2.75, 3.05) is 5.73 Å². The summed E-state index contributed by atoms with van der Waals surface area (Å²) in [5.41, 5.74) is 12.7. The van der Waals surface area contributed by atoms with Crippen molar-refractivity contribution in [2.45, 2.75) is 46.5 Å². The molecule has 0 amide bonds. The van der Waals surface area contributed by atoms with Crippen LogP contribution in [0.1, 0.15) is 43.4 Å². The normalized spacial score (nSPS) is 11.2. The van der Waals surface area contributed by atoms with Crippen LogP contribution in [0.4, 0.5) is 5.69 Å². The second kappa shape index (κ2) is 4.73. The molecule has 1 aromatic carbocycles. The van der Waals surface area contributed by atoms with Gasteiger partial charge in [0.15, 0.2) is 0 Å². The van der Waals surface area contributed by atoms with Crippen molar-refractivity contribution in [1.29, 1.82) is 0 Å². The first-order chi connectivity index (χ1) is 8.20. The average molecular weight is 232 g/mol. The fraction of sp³-hybridized carbons (Fsp3) is 0.538. The number of H-pyrrole nitrogens is 1. The predicted octanol–water partition coefficient (Wildman–Crippen LogP) is 2.75. The summed E-state index contributed by atoms with van der Waals surface area (Å²) in [4.78, 5) is 0. The van der Waals surface area contributed by atoms with E-state index < -0.39 is 0 Å². The molecule has 0 saturated carbocycles. The molecule has 2 aromatic rings. The number of rotatable bonds is 4. The third-order valence-electron chi connectivity index (χ3n) is 3.28. The minimum atomic E-state index is 0.900. The Hall–Kier alpha value is -1.58. The predicted molar refractivity (Wildman–Crippen MR) is 71.0 cm³/mol. The Morgan fingerprint density at radius 2 is 1.59 bits per heavy atom. The summed E-state index contributed by atoms with van der Waals surface area (Å²) in [6.07, 6.45) is 4.23. The maximum Gasteiger partial charge on any atom is 0.118 e. The Labute approximate surface area is 102 Å². The highest BCUT2D eigenvalue weighted by molar-refractivity contribution is 5.88. The third kappa shape index (κ3) is 1.88. The van der Waals surface area contributed by atoms with E-state index in [4.69, 9.17) is 5.73 Å². The molecular weight excluding hydrogens is 212 g/mol. The van der Waals surface area contributed by atoms with Crippen LogP contribution in [0.3, 0.4) is 0 Å². The molecule has 17 heavy (non-hydrogen) atoms. The minimum absolute atomic E-state index is 0.900. The Bertz CT molecular complexity index is 528. The van der Waals surface area contributed by atoms with Gasteiger partial charge < -0.3 is 5.73 Å². The van der Waals surface area contributed by atoms with Crippen LogP contribution in [0.25, 0.3) is 11.0 Å². The van der Waals surface area contributed by atoms with Crippen molar-refractivity contribution >= 4 is 16.7 Å². The number of nitrogens with one attached hydrogen (secondary N) is 1. The molecule has 0 bridgehead atoms. The molecule has 1 heterocycles. The minimum Gasteiger partial charge on any atom is -0.398 e. The second-order valence-corrected chi connectivity index (χ2v) is 4.52. The van der Waals surface area contributed by atoms with Crippen LogP contribution < -0.4 is 5.73 Å². The van der Waals surface area contributed by atoms with Gasteiger partial charge in [0.25, 0.3) is 0 Å². The first-order valence-electron chi connectivity index (χ1n) is 6.30. The molecule has 3 N–H and O–H groups in total. The zero-order chi connectivity index (χ0) is 12.4. The van der Waals surface area contributed by atoms with Crippen LogP contribution in [-0.2, 0) is 12.8 Å². The molecule has 0 radical (unpaired) electrons. The van der Waals surface area contributed by atoms with Crippen molar-refractivity contribution in [3.05, 3.63) is 16.7 Å². The van der Waals surface area contributed by atoms with E-state index in [0.29, 0.717) is 0 Å². The molecule has 0 spiro atoms. The number of anilines is 1. The highest BCUT2D eigenvalue weighted by Crippen LogP contribution is 2.31. The number of hydrogen-bond acceptors (Lipinski definition) is 3. The average Bonchev–Trinajstić information content (AvgIpc) is 2.79. The van der Waals surface area contributed by atoms with Crippen molar-refractivity contribution in [3.8, 4) is 0 Å². The number of nitrogens with two attached hydrogens (primary N) is 1. The van der Waals surface area contributed by atoms with Gasteiger partial charge in [0, 0.05) is 11.3 Å². The molecule has 1 aromatic heterocycles. The largest absolute Gasteiger partial charge is 0.398 e. The molecule has 0 saturated heterocycles. The van der Waals surface area contributed by atoms with Gasteiger partial charge in [-0.2, -0.15) is 15.4 Å². The van der Waals surface area contributed by atoms with E-state index in [2.05, 4.69) is 29.3 Å². The highest BCUT2D eigenvalue weighted by atomic mass is 15.3. The van der Waals surface area contributed by atoms with Gasteiger partial charge in [-0.05, 0) is 30.9 Å². The first-order valence-corrected chi connectivity index (χ1v) is 6.30. The zero-order valence-corrected chi connectivity index (χ0v) is 10.8. The van der Waals surface area contributed by atoms with Crippen molar-refractivity contribution in [1.82, 2.24) is 15.4 Å². The second-order valence-electron chi connectivity index (χ2n) is 4.52. The van der Waals surface area contributed by atoms with E-state index in [-0.39, 0.29) is 0 Å². The Balaban J connectivity index is 2.74. The first kappa shape index (κ1) is 11.9. The van der Waals surface area contributed by atoms with Gasteiger partial charge in [-0.3, -0.25) is 0 Å². The molecule has 4 heteroatoms. The standard InChI is InChI=1S/C13H20N4/c1-4-6-9-10(7-5-2)13-12(15-17-16-13)8(3)11(9)14/h4-7,14H2,1-3H3,(H,15,16,17). The van der Waals surface area contributed by atoms with Crippen molar-refractivity contribution < 1.29 is 0 Å². The van der Waals surface area contributed by atoms with Crippen LogP contribution in [0.15, 0.2) is 0 Å². The van der Waals surface area contributed by atoms with Gasteiger partial charge in [-0.1, -0.05) is 26.7 Å². The lowest BCUT2D eigenvalue weighted by molar-refractivity contribution is 0.865. The Morgan fingerprint density at radius 3 is 2.24 bits per heavy atom. The molecule has 2 rings (SSSR count). The van der Waals surface area contributed by atoms with E-state index in [0.717, 1.165) is 48.0 Å². The molecule has 0 fully saturated rings. The lowest BCUT2D eigenvalue weighted by atomic mass is 9.93. The van der Waals surface area contributed by atoms with Gasteiger partial charge in [0.05, 0.1) is 0 Å². The number of fused-ring (bicyclic) bond motifs is 1. The highest BCUT2D eigenvalue weighted by Gasteiger charge is 2.16. The van der Waals surface area contributed by atoms with E-state index in [1.165, 1.54) is 11.1 Å². The molecule has 92 valence electrons. The van der Waals surface area contributed by atoms with Crippen LogP contribution in [0.5, 0.6) is 0 Å². The van der Waals surface area contributed by atoms with Crippen LogP contribution in [0, 0.1) is 6.92 Å². The van der Waals surface area contributed by atoms with E-state index in [1.807, 2.05) is 6.92 Å². The number of nitrogen functional groups attached to an aromatic ring is 1. The van der Waals surface area contributed by atoms with Crippen molar-refractivity contribution in [2.24, 2.45) is 0 Å². The Kier molecular flexibility index (Phi) is 3.31. The SMILES string of the molecule is CCCc1c(N)c(C)c2n[nH]nc2c1CCC. The summed E-state index contributed by atoms with van der Waals surface area (Å²) in [7, 11) is 0. The molecule has 0 atom stereocenters. The topological polar surface area (TPSA) is 67.6 Å². The lowest BCUT2D eigenvalue weighted by Crippen LogP contribution is -2.04. The molecular formula is C13H20N4. The number of aromatic amines is 1. The van der Waals surface area contributed by atoms with Gasteiger partial charge in [-0.25, -0.2) is 0 Å². The number of benzene rings is 1. The van der Waals surface area contributed by atoms with E-state index in [9.17, 15) is 0 Å². The fourth-order valence-corrected chi connectivity index (χ4v) is 2.42. The van der Waals surface area contributed by atoms with Gasteiger partial charge in [-0.15, -0.1) is 0 Å². The molecule has 0 aliphatic carbocycles. The Morgan fingerprint density at radius 1 is 1.00 bits per heavy atom. The molecule has 0 aliphatic rings. The maximum absolute atomic E-state index is 6.24. The molecule has 4 nitrogen and oxygen atoms in total. The lowest BCUT2D eigenvalue weighted by Gasteiger charge is -2.14. The third-order valence-corrected chi connectivity index (χ3v) is 3.28. The van der Waals surface area contributed by atoms with Gasteiger partial charge in [0.2, 0.25) is 0 Å². The monoisotopic (exact) mass is 232 g/mol. The van der Waals surface area contributed by atoms with Crippen LogP contribution >= 0.6 is 0 Å². The quantitative estimate of drug-likeness (QED) is 0.796. The summed E-state index contributed by atoms with van der Waals surface area (Å²) in [5, 5.41) is 11.2. The number of hydrogen-bond donors (Lipinski definition) is 2. The van der Waals surface area contributed by atoms with Crippen LogP contribution in [-0.4, -0.2) is 15.4 Å². The molecule has 0 unspecified atom stereocenters. The number of nitrogens with zero attached hydrogens (tertiary/aromatic N) is 2. The summed E-state index contributed by atoms with van der Waals surface area (Å²) < 4.78 is 0. The summed E-state index contributed by atoms with van der Waals surface area (Å²) in [6.45, 7) is 6.38. The van der Waals surface area contributed by atoms with Crippen LogP contribution in [0.2, 0.25) is 0 Å². The fourth-order valence-electron chi connectivity index (χ4n) is 2.42. The van der Waals surface area contributed by atoms with Gasteiger partial charge >= 0.3 is 0 Å². The number of aromatic nitrogens is 3. The van der Waals surface area contributed by atoms with Crippen molar-refractivity contribution in [3.63, 3.8) is 0 Å². The number of aryl methyl sites for hydroxylation is 2. The summed E-state index contributed by atoms with van der Waals surface area (Å²) in [5.74, 6) is 0. The summed E-state index contributed by atoms with van der Waals surface area (Å²) >= 11 is 0. The zero-order valence-electron chi connectivity index (χ0n) is 10.8. The smallest absolute Gasteiger partial charge is 0.118 e. The van der Waals surface area contributed by atoms with E-state index in [1.54, 1.807) is 0 Å². The summed E-state index contributed by atoms with van der Waals surface area (Å²) in [6, 6.07) is 0. The van der Waals surface area contributed by atoms with E-state index >= 15 is 0 Å². The molecule has 0 aliphatic heterocycles. The maximum atomic E-state index is 6.24.